The summed E-state index contributed by atoms with van der Waals surface area (Å²) in [6.07, 6.45) is 8.38. The number of carbonyl (C=O) groups excluding carboxylic acids is 2. The molecule has 0 fully saturated rings. The van der Waals surface area contributed by atoms with Crippen molar-refractivity contribution in [1.29, 1.82) is 0 Å². The Morgan fingerprint density at radius 2 is 1.75 bits per heavy atom. The van der Waals surface area contributed by atoms with Gasteiger partial charge in [-0.15, -0.1) is 12.3 Å². The Labute approximate surface area is 119 Å². The predicted molar refractivity (Wildman–Crippen MR) is 75.4 cm³/mol. The minimum Gasteiger partial charge on any atom is -0.465 e. The van der Waals surface area contributed by atoms with Crippen LogP contribution in [0.15, 0.2) is 4.42 Å². The first kappa shape index (κ1) is 14.4. The number of unbranched alkanes of at least 4 members (excludes halogenated alkanes) is 1. The third kappa shape index (κ3) is 2.24. The van der Waals surface area contributed by atoms with E-state index in [1.807, 2.05) is 0 Å². The summed E-state index contributed by atoms with van der Waals surface area (Å²) in [5, 5.41) is 0. The molecule has 0 aromatic carbocycles. The van der Waals surface area contributed by atoms with E-state index < -0.39 is 0 Å². The van der Waals surface area contributed by atoms with Crippen LogP contribution in [-0.2, 0) is 0 Å². The Bertz CT molecular complexity index is 555. The van der Waals surface area contributed by atoms with Crippen molar-refractivity contribution in [2.75, 3.05) is 6.54 Å². The number of carbonyl (C=O) groups is 2. The second-order valence-corrected chi connectivity index (χ2v) is 5.19. The smallest absolute Gasteiger partial charge is 0.265 e. The molecule has 20 heavy (non-hydrogen) atoms. The first-order valence-electron chi connectivity index (χ1n) is 6.93. The zero-order chi connectivity index (χ0) is 14.9. The Kier molecular flexibility index (Phi) is 3.99. The first-order valence-corrected chi connectivity index (χ1v) is 6.93. The van der Waals surface area contributed by atoms with Crippen molar-refractivity contribution in [2.45, 2.75) is 40.0 Å². The van der Waals surface area contributed by atoms with Crippen LogP contribution < -0.4 is 0 Å². The summed E-state index contributed by atoms with van der Waals surface area (Å²) in [5.41, 5.74) is 0.803. The highest BCUT2D eigenvalue weighted by atomic mass is 16.3. The van der Waals surface area contributed by atoms with Crippen LogP contribution in [-0.4, -0.2) is 23.3 Å². The lowest BCUT2D eigenvalue weighted by molar-refractivity contribution is 0.0634. The van der Waals surface area contributed by atoms with Crippen molar-refractivity contribution in [3.63, 3.8) is 0 Å². The molecule has 4 heteroatoms. The molecule has 1 unspecified atom stereocenters. The highest BCUT2D eigenvalue weighted by Crippen LogP contribution is 2.31. The van der Waals surface area contributed by atoms with Gasteiger partial charge in [0.1, 0.15) is 11.5 Å². The number of imide groups is 1. The predicted octanol–water partition coefficient (Wildman–Crippen LogP) is 2.93. The van der Waals surface area contributed by atoms with Crippen molar-refractivity contribution < 1.29 is 14.0 Å². The molecule has 1 aromatic rings. The molecule has 2 rings (SSSR count). The number of terminal acetylenes is 1. The van der Waals surface area contributed by atoms with E-state index in [2.05, 4.69) is 12.8 Å². The summed E-state index contributed by atoms with van der Waals surface area (Å²) in [5.74, 6) is 3.05. The van der Waals surface area contributed by atoms with Crippen molar-refractivity contribution in [1.82, 2.24) is 4.90 Å². The van der Waals surface area contributed by atoms with Crippen LogP contribution in [0.2, 0.25) is 0 Å². The zero-order valence-corrected chi connectivity index (χ0v) is 12.2. The monoisotopic (exact) mass is 273 g/mol. The lowest BCUT2D eigenvalue weighted by Gasteiger charge is -2.18. The van der Waals surface area contributed by atoms with E-state index in [0.717, 1.165) is 19.3 Å². The van der Waals surface area contributed by atoms with E-state index in [1.165, 1.54) is 4.90 Å². The van der Waals surface area contributed by atoms with E-state index in [-0.39, 0.29) is 17.7 Å². The van der Waals surface area contributed by atoms with Gasteiger partial charge in [0, 0.05) is 12.5 Å². The minimum absolute atomic E-state index is 0.0793. The van der Waals surface area contributed by atoms with Crippen molar-refractivity contribution >= 4 is 11.8 Å². The van der Waals surface area contributed by atoms with Gasteiger partial charge in [0.25, 0.3) is 11.8 Å². The molecule has 2 amide bonds. The van der Waals surface area contributed by atoms with E-state index in [9.17, 15) is 9.59 Å². The summed E-state index contributed by atoms with van der Waals surface area (Å²) >= 11 is 0. The fourth-order valence-electron chi connectivity index (χ4n) is 2.63. The summed E-state index contributed by atoms with van der Waals surface area (Å²) in [6.45, 7) is 5.79. The molecule has 1 aliphatic heterocycles. The van der Waals surface area contributed by atoms with Crippen LogP contribution in [0.25, 0.3) is 0 Å². The van der Waals surface area contributed by atoms with Crippen molar-refractivity contribution in [3.8, 4) is 12.3 Å². The maximum absolute atomic E-state index is 12.3. The number of hydrogen-bond donors (Lipinski definition) is 0. The number of hydrogen-bond acceptors (Lipinski definition) is 3. The summed E-state index contributed by atoms with van der Waals surface area (Å²) in [4.78, 5) is 26.0. The van der Waals surface area contributed by atoms with Gasteiger partial charge in [-0.25, -0.2) is 0 Å². The fraction of sp³-hybridized carbons (Fsp3) is 0.500. The molecule has 0 N–H and O–H groups in total. The van der Waals surface area contributed by atoms with Gasteiger partial charge in [-0.3, -0.25) is 14.5 Å². The molecule has 1 aliphatic rings. The Morgan fingerprint density at radius 3 is 2.20 bits per heavy atom. The number of amides is 2. The largest absolute Gasteiger partial charge is 0.465 e. The average Bonchev–Trinajstić information content (AvgIpc) is 2.84. The van der Waals surface area contributed by atoms with Crippen LogP contribution in [0, 0.1) is 32.1 Å². The van der Waals surface area contributed by atoms with Gasteiger partial charge < -0.3 is 4.42 Å². The molecule has 0 radical (unpaired) electrons. The quantitative estimate of drug-likeness (QED) is 0.612. The SMILES string of the molecule is C#CC(CCCC)CN1C(=O)c2c(C)oc(C)c2C1=O. The molecular weight excluding hydrogens is 254 g/mol. The van der Waals surface area contributed by atoms with E-state index in [4.69, 9.17) is 10.8 Å². The third-order valence-electron chi connectivity index (χ3n) is 3.72. The number of nitrogens with zero attached hydrogens (tertiary/aromatic N) is 1. The molecule has 2 heterocycles. The van der Waals surface area contributed by atoms with Gasteiger partial charge in [-0.2, -0.15) is 0 Å². The summed E-state index contributed by atoms with van der Waals surface area (Å²) in [7, 11) is 0. The number of aryl methyl sites for hydroxylation is 2. The zero-order valence-electron chi connectivity index (χ0n) is 12.2. The molecule has 0 bridgehead atoms. The lowest BCUT2D eigenvalue weighted by atomic mass is 10.0. The van der Waals surface area contributed by atoms with Gasteiger partial charge in [-0.05, 0) is 20.3 Å². The minimum atomic E-state index is -0.281. The third-order valence-corrected chi connectivity index (χ3v) is 3.72. The normalized spacial score (nSPS) is 15.4. The fourth-order valence-corrected chi connectivity index (χ4v) is 2.63. The standard InChI is InChI=1S/C16H19NO3/c1-5-7-8-12(6-2)9-17-15(18)13-10(3)20-11(4)14(13)16(17)19/h2,12H,5,7-9H2,1,3-4H3. The van der Waals surface area contributed by atoms with E-state index in [0.29, 0.717) is 29.2 Å². The van der Waals surface area contributed by atoms with Crippen LogP contribution in [0.5, 0.6) is 0 Å². The van der Waals surface area contributed by atoms with Crippen LogP contribution in [0.1, 0.15) is 58.4 Å². The van der Waals surface area contributed by atoms with Gasteiger partial charge >= 0.3 is 0 Å². The van der Waals surface area contributed by atoms with Crippen LogP contribution >= 0.6 is 0 Å². The van der Waals surface area contributed by atoms with Gasteiger partial charge in [0.2, 0.25) is 0 Å². The van der Waals surface area contributed by atoms with E-state index >= 15 is 0 Å². The van der Waals surface area contributed by atoms with Gasteiger partial charge in [0.15, 0.2) is 0 Å². The van der Waals surface area contributed by atoms with Crippen LogP contribution in [0.3, 0.4) is 0 Å². The number of furan rings is 1. The Morgan fingerprint density at radius 1 is 1.20 bits per heavy atom. The highest BCUT2D eigenvalue weighted by molar-refractivity contribution is 6.22. The lowest BCUT2D eigenvalue weighted by Crippen LogP contribution is -2.34. The Balaban J connectivity index is 2.21. The molecule has 1 atom stereocenters. The summed E-state index contributed by atoms with van der Waals surface area (Å²) < 4.78 is 5.36. The maximum Gasteiger partial charge on any atom is 0.265 e. The molecule has 0 aliphatic carbocycles. The molecule has 106 valence electrons. The molecular formula is C16H19NO3. The second-order valence-electron chi connectivity index (χ2n) is 5.19. The van der Waals surface area contributed by atoms with Crippen LogP contribution in [0.4, 0.5) is 0 Å². The second kappa shape index (κ2) is 5.54. The van der Waals surface area contributed by atoms with Crippen molar-refractivity contribution in [3.05, 3.63) is 22.6 Å². The van der Waals surface area contributed by atoms with Gasteiger partial charge in [-0.1, -0.05) is 19.8 Å². The molecule has 1 aromatic heterocycles. The molecule has 0 spiro atoms. The van der Waals surface area contributed by atoms with Gasteiger partial charge in [0.05, 0.1) is 11.1 Å². The summed E-state index contributed by atoms with van der Waals surface area (Å²) in [6, 6.07) is 0. The first-order chi connectivity index (χ1) is 9.51. The number of rotatable bonds is 5. The Hall–Kier alpha value is -2.02. The highest BCUT2D eigenvalue weighted by Gasteiger charge is 2.41. The van der Waals surface area contributed by atoms with Crippen molar-refractivity contribution in [2.24, 2.45) is 5.92 Å². The average molecular weight is 273 g/mol. The number of fused-ring (bicyclic) bond motifs is 1. The molecule has 4 nitrogen and oxygen atoms in total. The van der Waals surface area contributed by atoms with E-state index in [1.54, 1.807) is 13.8 Å². The maximum atomic E-state index is 12.3. The topological polar surface area (TPSA) is 50.5 Å². The molecule has 0 saturated carbocycles. The molecule has 0 saturated heterocycles.